The maximum Gasteiger partial charge on any atom is 0.0624 e. The Morgan fingerprint density at radius 1 is 1.55 bits per heavy atom. The second-order valence-corrected chi connectivity index (χ2v) is 3.69. The maximum atomic E-state index is 9.53. The Hall–Kier alpha value is -0.410. The molecule has 1 aromatic rings. The highest BCUT2D eigenvalue weighted by Gasteiger charge is 2.27. The van der Waals surface area contributed by atoms with E-state index in [0.717, 1.165) is 25.0 Å². The van der Waals surface area contributed by atoms with E-state index in [1.807, 2.05) is 11.4 Å². The van der Waals surface area contributed by atoms with Crippen LogP contribution in [-0.2, 0) is 0 Å². The van der Waals surface area contributed by atoms with Gasteiger partial charge in [0.1, 0.15) is 0 Å². The molecule has 1 heterocycles. The first kappa shape index (κ1) is 7.25. The minimum Gasteiger partial charge on any atom is -0.392 e. The van der Waals surface area contributed by atoms with E-state index < -0.39 is 0 Å². The average Bonchev–Trinajstić information content (AvgIpc) is 2.55. The lowest BCUT2D eigenvalue weighted by molar-refractivity contribution is 0.162. The second kappa shape index (κ2) is 2.91. The van der Waals surface area contributed by atoms with Gasteiger partial charge >= 0.3 is 0 Å². The summed E-state index contributed by atoms with van der Waals surface area (Å²) in [5, 5.41) is 11.5. The number of rotatable bonds is 1. The molecule has 0 bridgehead atoms. The molecule has 1 fully saturated rings. The Morgan fingerprint density at radius 2 is 2.45 bits per heavy atom. The van der Waals surface area contributed by atoms with Crippen molar-refractivity contribution in [3.63, 3.8) is 0 Å². The van der Waals surface area contributed by atoms with Crippen LogP contribution in [-0.4, -0.2) is 15.6 Å². The summed E-state index contributed by atoms with van der Waals surface area (Å²) in [7, 11) is 0. The van der Waals surface area contributed by atoms with Crippen molar-refractivity contribution in [1.29, 1.82) is 0 Å². The number of hydrogen-bond donors (Lipinski definition) is 1. The van der Waals surface area contributed by atoms with Crippen LogP contribution in [0.25, 0.3) is 0 Å². The highest BCUT2D eigenvalue weighted by Crippen LogP contribution is 2.33. The summed E-state index contributed by atoms with van der Waals surface area (Å²) in [6, 6.07) is 2.02. The van der Waals surface area contributed by atoms with Crippen LogP contribution >= 0.6 is 11.5 Å². The first-order valence-electron chi connectivity index (χ1n) is 3.96. The lowest BCUT2D eigenvalue weighted by Gasteiger charge is -2.10. The van der Waals surface area contributed by atoms with Crippen LogP contribution in [0, 0.1) is 0 Å². The molecule has 1 saturated carbocycles. The predicted octanol–water partition coefficient (Wildman–Crippen LogP) is 1.77. The summed E-state index contributed by atoms with van der Waals surface area (Å²) in [6.45, 7) is 0. The Bertz CT molecular complexity index is 222. The third kappa shape index (κ3) is 1.30. The summed E-state index contributed by atoms with van der Waals surface area (Å²) >= 11 is 1.47. The van der Waals surface area contributed by atoms with Crippen molar-refractivity contribution in [2.24, 2.45) is 0 Å². The molecule has 0 saturated heterocycles. The van der Waals surface area contributed by atoms with Gasteiger partial charge in [0.05, 0.1) is 11.8 Å². The van der Waals surface area contributed by atoms with E-state index in [-0.39, 0.29) is 6.10 Å². The molecule has 1 aliphatic carbocycles. The normalized spacial score (nSPS) is 31.0. The summed E-state index contributed by atoms with van der Waals surface area (Å²) < 4.78 is 4.23. The molecule has 0 spiro atoms. The van der Waals surface area contributed by atoms with Gasteiger partial charge < -0.3 is 5.11 Å². The van der Waals surface area contributed by atoms with Crippen molar-refractivity contribution in [2.75, 3.05) is 0 Å². The molecule has 2 nitrogen and oxygen atoms in total. The monoisotopic (exact) mass is 169 g/mol. The standard InChI is InChI=1S/C8H11NOS/c10-8-3-1-2-6(8)7-4-5-11-9-7/h4-6,8,10H,1-3H2/t6-,8+/m0/s1. The van der Waals surface area contributed by atoms with Gasteiger partial charge in [0.25, 0.3) is 0 Å². The molecule has 0 radical (unpaired) electrons. The first-order valence-corrected chi connectivity index (χ1v) is 4.80. The van der Waals surface area contributed by atoms with Crippen LogP contribution in [0.4, 0.5) is 0 Å². The molecular formula is C8H11NOS. The van der Waals surface area contributed by atoms with Crippen LogP contribution in [0.1, 0.15) is 30.9 Å². The zero-order chi connectivity index (χ0) is 7.68. The number of aromatic nitrogens is 1. The molecule has 11 heavy (non-hydrogen) atoms. The lowest BCUT2D eigenvalue weighted by Crippen LogP contribution is -2.10. The molecule has 0 aromatic carbocycles. The topological polar surface area (TPSA) is 33.1 Å². The van der Waals surface area contributed by atoms with E-state index in [1.54, 1.807) is 0 Å². The zero-order valence-electron chi connectivity index (χ0n) is 6.23. The number of hydrogen-bond acceptors (Lipinski definition) is 3. The van der Waals surface area contributed by atoms with Gasteiger partial charge in [0.15, 0.2) is 0 Å². The van der Waals surface area contributed by atoms with Gasteiger partial charge in [-0.05, 0) is 30.4 Å². The number of aliphatic hydroxyl groups excluding tert-OH is 1. The van der Waals surface area contributed by atoms with Crippen LogP contribution < -0.4 is 0 Å². The Kier molecular flexibility index (Phi) is 1.92. The van der Waals surface area contributed by atoms with E-state index in [0.29, 0.717) is 5.92 Å². The molecular weight excluding hydrogens is 158 g/mol. The van der Waals surface area contributed by atoms with Crippen molar-refractivity contribution in [1.82, 2.24) is 4.37 Å². The Balaban J connectivity index is 2.16. The molecule has 60 valence electrons. The molecule has 0 unspecified atom stereocenters. The first-order chi connectivity index (χ1) is 5.38. The molecule has 0 aliphatic heterocycles. The van der Waals surface area contributed by atoms with Crippen molar-refractivity contribution in [2.45, 2.75) is 31.3 Å². The molecule has 1 aromatic heterocycles. The van der Waals surface area contributed by atoms with Gasteiger partial charge in [0.2, 0.25) is 0 Å². The summed E-state index contributed by atoms with van der Waals surface area (Å²) in [5.41, 5.74) is 1.08. The predicted molar refractivity (Wildman–Crippen MR) is 44.7 cm³/mol. The minimum atomic E-state index is -0.142. The zero-order valence-corrected chi connectivity index (χ0v) is 7.05. The highest BCUT2D eigenvalue weighted by molar-refractivity contribution is 7.03. The highest BCUT2D eigenvalue weighted by atomic mass is 32.1. The van der Waals surface area contributed by atoms with Crippen molar-refractivity contribution >= 4 is 11.5 Å². The average molecular weight is 169 g/mol. The van der Waals surface area contributed by atoms with Crippen LogP contribution in [0.3, 0.4) is 0 Å². The van der Waals surface area contributed by atoms with E-state index in [1.165, 1.54) is 11.5 Å². The van der Waals surface area contributed by atoms with E-state index >= 15 is 0 Å². The van der Waals surface area contributed by atoms with E-state index in [2.05, 4.69) is 4.37 Å². The van der Waals surface area contributed by atoms with Gasteiger partial charge in [-0.2, -0.15) is 4.37 Å². The molecule has 1 N–H and O–H groups in total. The summed E-state index contributed by atoms with van der Waals surface area (Å²) in [5.74, 6) is 0.321. The van der Waals surface area contributed by atoms with Gasteiger partial charge in [-0.25, -0.2) is 0 Å². The van der Waals surface area contributed by atoms with Gasteiger partial charge in [0, 0.05) is 11.3 Å². The fraction of sp³-hybridized carbons (Fsp3) is 0.625. The van der Waals surface area contributed by atoms with Crippen LogP contribution in [0.5, 0.6) is 0 Å². The molecule has 1 aliphatic rings. The minimum absolute atomic E-state index is 0.142. The quantitative estimate of drug-likeness (QED) is 0.695. The number of nitrogens with zero attached hydrogens (tertiary/aromatic N) is 1. The summed E-state index contributed by atoms with van der Waals surface area (Å²) in [6.07, 6.45) is 3.05. The smallest absolute Gasteiger partial charge is 0.0624 e. The molecule has 3 heteroatoms. The Morgan fingerprint density at radius 3 is 3.00 bits per heavy atom. The van der Waals surface area contributed by atoms with Gasteiger partial charge in [-0.1, -0.05) is 6.42 Å². The fourth-order valence-electron chi connectivity index (χ4n) is 1.70. The lowest BCUT2D eigenvalue weighted by atomic mass is 10.0. The van der Waals surface area contributed by atoms with Gasteiger partial charge in [-0.3, -0.25) is 0 Å². The largest absolute Gasteiger partial charge is 0.392 e. The molecule has 0 amide bonds. The Labute approximate surface area is 70.0 Å². The van der Waals surface area contributed by atoms with Crippen molar-refractivity contribution < 1.29 is 5.11 Å². The van der Waals surface area contributed by atoms with E-state index in [9.17, 15) is 5.11 Å². The van der Waals surface area contributed by atoms with Crippen molar-refractivity contribution in [3.8, 4) is 0 Å². The van der Waals surface area contributed by atoms with Crippen molar-refractivity contribution in [3.05, 3.63) is 17.1 Å². The third-order valence-electron chi connectivity index (χ3n) is 2.32. The SMILES string of the molecule is O[C@@H]1CCC[C@H]1c1ccsn1. The summed E-state index contributed by atoms with van der Waals surface area (Å²) in [4.78, 5) is 0. The molecule has 2 rings (SSSR count). The maximum absolute atomic E-state index is 9.53. The molecule has 2 atom stereocenters. The van der Waals surface area contributed by atoms with Crippen LogP contribution in [0.15, 0.2) is 11.4 Å². The number of aliphatic hydroxyl groups is 1. The third-order valence-corrected chi connectivity index (χ3v) is 2.89. The van der Waals surface area contributed by atoms with Crippen LogP contribution in [0.2, 0.25) is 0 Å². The fourth-order valence-corrected chi connectivity index (χ4v) is 2.28. The second-order valence-electron chi connectivity index (χ2n) is 3.03. The van der Waals surface area contributed by atoms with E-state index in [4.69, 9.17) is 0 Å². The van der Waals surface area contributed by atoms with Gasteiger partial charge in [-0.15, -0.1) is 0 Å².